The summed E-state index contributed by atoms with van der Waals surface area (Å²) in [7, 11) is 3.00. The van der Waals surface area contributed by atoms with Crippen molar-refractivity contribution in [1.29, 1.82) is 0 Å². The Balaban J connectivity index is 2.04. The molecule has 2 aromatic heterocycles. The second kappa shape index (κ2) is 9.80. The summed E-state index contributed by atoms with van der Waals surface area (Å²) in [5, 5.41) is 2.64. The number of nitrogens with zero attached hydrogens (tertiary/aromatic N) is 2. The Morgan fingerprint density at radius 2 is 1.97 bits per heavy atom. The van der Waals surface area contributed by atoms with Gasteiger partial charge in [-0.15, -0.1) is 11.3 Å². The maximum Gasteiger partial charge on any atom is 0.305 e. The van der Waals surface area contributed by atoms with Crippen LogP contribution in [0.15, 0.2) is 34.4 Å². The van der Waals surface area contributed by atoms with Crippen LogP contribution in [0.2, 0.25) is 0 Å². The Morgan fingerprint density at radius 3 is 2.62 bits per heavy atom. The van der Waals surface area contributed by atoms with E-state index in [1.165, 1.54) is 24.0 Å². The lowest BCUT2D eigenvalue weighted by Crippen LogP contribution is -2.26. The molecule has 3 rings (SSSR count). The van der Waals surface area contributed by atoms with Crippen LogP contribution in [-0.4, -0.2) is 36.3 Å². The van der Waals surface area contributed by atoms with Crippen molar-refractivity contribution < 1.29 is 14.3 Å². The molecule has 2 heterocycles. The van der Waals surface area contributed by atoms with Gasteiger partial charge in [0.15, 0.2) is 0 Å². The van der Waals surface area contributed by atoms with Gasteiger partial charge in [-0.05, 0) is 24.0 Å². The molecule has 7 heteroatoms. The molecular formula is C22H26N2O4S. The van der Waals surface area contributed by atoms with Gasteiger partial charge < -0.3 is 9.47 Å². The summed E-state index contributed by atoms with van der Waals surface area (Å²) in [4.78, 5) is 30.4. The fourth-order valence-electron chi connectivity index (χ4n) is 3.30. The summed E-state index contributed by atoms with van der Waals surface area (Å²) < 4.78 is 11.6. The first-order valence-corrected chi connectivity index (χ1v) is 10.6. The molecule has 0 amide bonds. The number of aryl methyl sites for hydroxylation is 1. The second-order valence-corrected chi connectivity index (χ2v) is 7.65. The lowest BCUT2D eigenvalue weighted by Gasteiger charge is -2.12. The van der Waals surface area contributed by atoms with Crippen molar-refractivity contribution in [3.05, 3.63) is 51.4 Å². The van der Waals surface area contributed by atoms with Crippen LogP contribution in [0.25, 0.3) is 21.3 Å². The van der Waals surface area contributed by atoms with Gasteiger partial charge in [0.25, 0.3) is 5.56 Å². The number of esters is 1. The molecule has 154 valence electrons. The topological polar surface area (TPSA) is 70.4 Å². The molecule has 0 radical (unpaired) electrons. The van der Waals surface area contributed by atoms with E-state index in [2.05, 4.69) is 31.2 Å². The highest BCUT2D eigenvalue weighted by atomic mass is 32.1. The number of rotatable bonds is 9. The van der Waals surface area contributed by atoms with Gasteiger partial charge in [0.05, 0.1) is 19.1 Å². The third-order valence-electron chi connectivity index (χ3n) is 4.97. The summed E-state index contributed by atoms with van der Waals surface area (Å²) >= 11 is 1.48. The Hall–Kier alpha value is -2.51. The summed E-state index contributed by atoms with van der Waals surface area (Å²) in [5.41, 5.74) is 3.11. The molecule has 0 spiro atoms. The number of carbonyl (C=O) groups excluding carboxylic acids is 1. The molecule has 0 aliphatic carbocycles. The van der Waals surface area contributed by atoms with Gasteiger partial charge in [-0.3, -0.25) is 14.2 Å². The van der Waals surface area contributed by atoms with Gasteiger partial charge in [-0.2, -0.15) is 0 Å². The third kappa shape index (κ3) is 4.74. The molecule has 6 nitrogen and oxygen atoms in total. The van der Waals surface area contributed by atoms with Crippen LogP contribution in [0.1, 0.15) is 31.2 Å². The molecule has 3 aromatic rings. The fourth-order valence-corrected chi connectivity index (χ4v) is 4.25. The molecule has 29 heavy (non-hydrogen) atoms. The van der Waals surface area contributed by atoms with Crippen LogP contribution >= 0.6 is 11.3 Å². The van der Waals surface area contributed by atoms with E-state index in [1.54, 1.807) is 11.7 Å². The minimum atomic E-state index is -0.280. The number of ether oxygens (including phenoxy) is 2. The number of hydrogen-bond acceptors (Lipinski definition) is 6. The summed E-state index contributed by atoms with van der Waals surface area (Å²) in [6.07, 6.45) is 2.30. The van der Waals surface area contributed by atoms with Gasteiger partial charge in [-0.25, -0.2) is 4.98 Å². The number of thiophene rings is 1. The zero-order valence-corrected chi connectivity index (χ0v) is 17.9. The summed E-state index contributed by atoms with van der Waals surface area (Å²) in [5.74, 6) is 0.404. The number of hydrogen-bond donors (Lipinski definition) is 0. The van der Waals surface area contributed by atoms with Crippen LogP contribution in [0, 0.1) is 0 Å². The van der Waals surface area contributed by atoms with E-state index in [9.17, 15) is 9.59 Å². The van der Waals surface area contributed by atoms with Gasteiger partial charge in [-0.1, -0.05) is 31.2 Å². The van der Waals surface area contributed by atoms with Crippen molar-refractivity contribution in [2.75, 3.05) is 20.8 Å². The van der Waals surface area contributed by atoms with Gasteiger partial charge >= 0.3 is 5.97 Å². The average molecular weight is 415 g/mol. The highest BCUT2D eigenvalue weighted by Gasteiger charge is 2.17. The quantitative estimate of drug-likeness (QED) is 0.498. The van der Waals surface area contributed by atoms with E-state index in [1.807, 2.05) is 5.38 Å². The Bertz CT molecular complexity index is 1040. The van der Waals surface area contributed by atoms with Crippen molar-refractivity contribution in [3.8, 4) is 11.1 Å². The van der Waals surface area contributed by atoms with Crippen molar-refractivity contribution in [2.45, 2.75) is 39.2 Å². The molecule has 0 saturated carbocycles. The lowest BCUT2D eigenvalue weighted by molar-refractivity contribution is -0.140. The molecular weight excluding hydrogens is 388 g/mol. The van der Waals surface area contributed by atoms with Crippen molar-refractivity contribution in [2.24, 2.45) is 0 Å². The Labute approximate surface area is 174 Å². The molecule has 0 fully saturated rings. The maximum absolute atomic E-state index is 13.4. The van der Waals surface area contributed by atoms with Crippen LogP contribution < -0.4 is 5.56 Å². The molecule has 0 aliphatic heterocycles. The van der Waals surface area contributed by atoms with E-state index < -0.39 is 0 Å². The van der Waals surface area contributed by atoms with Crippen molar-refractivity contribution >= 4 is 27.5 Å². The first-order chi connectivity index (χ1) is 14.1. The molecule has 0 atom stereocenters. The predicted octanol–water partition coefficient (Wildman–Crippen LogP) is 3.83. The normalized spacial score (nSPS) is 11.1. The molecule has 0 unspecified atom stereocenters. The SMILES string of the molecule is CCc1ccc(-c2csc3nc(CCOC)n(CCCC(=O)OC)c(=O)c23)cc1. The van der Waals surface area contributed by atoms with Crippen LogP contribution in [0.4, 0.5) is 0 Å². The zero-order valence-electron chi connectivity index (χ0n) is 17.1. The number of aromatic nitrogens is 2. The largest absolute Gasteiger partial charge is 0.469 e. The van der Waals surface area contributed by atoms with E-state index in [0.29, 0.717) is 37.2 Å². The Morgan fingerprint density at radius 1 is 1.21 bits per heavy atom. The first kappa shape index (κ1) is 21.2. The number of benzene rings is 1. The van der Waals surface area contributed by atoms with E-state index >= 15 is 0 Å². The monoisotopic (exact) mass is 414 g/mol. The first-order valence-electron chi connectivity index (χ1n) is 9.75. The maximum atomic E-state index is 13.4. The van der Waals surface area contributed by atoms with Crippen molar-refractivity contribution in [3.63, 3.8) is 0 Å². The smallest absolute Gasteiger partial charge is 0.305 e. The van der Waals surface area contributed by atoms with E-state index in [-0.39, 0.29) is 17.9 Å². The standard InChI is InChI=1S/C22H26N2O4S/c1-4-15-7-9-16(10-8-15)17-14-29-21-20(17)22(26)24(12-5-6-19(25)28-3)18(23-21)11-13-27-2/h7-10,14H,4-6,11-13H2,1-3H3. The molecule has 0 saturated heterocycles. The fraction of sp³-hybridized carbons (Fsp3) is 0.409. The van der Waals surface area contributed by atoms with Crippen molar-refractivity contribution in [1.82, 2.24) is 9.55 Å². The minimum absolute atomic E-state index is 0.0678. The van der Waals surface area contributed by atoms with E-state index in [0.717, 1.165) is 22.4 Å². The number of methoxy groups -OCH3 is 2. The van der Waals surface area contributed by atoms with Crippen LogP contribution in [0.3, 0.4) is 0 Å². The van der Waals surface area contributed by atoms with Gasteiger partial charge in [0, 0.05) is 37.4 Å². The third-order valence-corrected chi connectivity index (χ3v) is 5.84. The van der Waals surface area contributed by atoms with Crippen LogP contribution in [0.5, 0.6) is 0 Å². The zero-order chi connectivity index (χ0) is 20.8. The van der Waals surface area contributed by atoms with Crippen LogP contribution in [-0.2, 0) is 33.7 Å². The minimum Gasteiger partial charge on any atom is -0.469 e. The van der Waals surface area contributed by atoms with Gasteiger partial charge in [0.1, 0.15) is 10.7 Å². The number of carbonyl (C=O) groups is 1. The highest BCUT2D eigenvalue weighted by Crippen LogP contribution is 2.31. The summed E-state index contributed by atoms with van der Waals surface area (Å²) in [6.45, 7) is 3.01. The van der Waals surface area contributed by atoms with E-state index in [4.69, 9.17) is 14.5 Å². The Kier molecular flexibility index (Phi) is 7.17. The lowest BCUT2D eigenvalue weighted by atomic mass is 10.0. The highest BCUT2D eigenvalue weighted by molar-refractivity contribution is 7.17. The summed E-state index contributed by atoms with van der Waals surface area (Å²) in [6, 6.07) is 8.29. The number of fused-ring (bicyclic) bond motifs is 1. The average Bonchev–Trinajstić information content (AvgIpc) is 3.18. The second-order valence-electron chi connectivity index (χ2n) is 6.79. The molecule has 0 N–H and O–H groups in total. The van der Waals surface area contributed by atoms with Gasteiger partial charge in [0.2, 0.25) is 0 Å². The molecule has 0 bridgehead atoms. The predicted molar refractivity (Wildman–Crippen MR) is 116 cm³/mol. The molecule has 1 aromatic carbocycles. The molecule has 0 aliphatic rings.